The highest BCUT2D eigenvalue weighted by molar-refractivity contribution is 5.76. The van der Waals surface area contributed by atoms with Crippen LogP contribution in [-0.2, 0) is 9.53 Å². The molecule has 0 atom stereocenters. The monoisotopic (exact) mass is 226 g/mol. The van der Waals surface area contributed by atoms with Crippen molar-refractivity contribution < 1.29 is 9.53 Å². The Kier molecular flexibility index (Phi) is 4.18. The number of carbonyl (C=O) groups is 1. The average Bonchev–Trinajstić information content (AvgIpc) is 2.24. The predicted octanol–water partition coefficient (Wildman–Crippen LogP) is 0.481. The molecule has 0 aliphatic carbocycles. The van der Waals surface area contributed by atoms with Gasteiger partial charge in [0.05, 0.1) is 0 Å². The minimum atomic E-state index is 0.304. The van der Waals surface area contributed by atoms with E-state index in [1.54, 1.807) is 0 Å². The highest BCUT2D eigenvalue weighted by Gasteiger charge is 2.23. The lowest BCUT2D eigenvalue weighted by Gasteiger charge is -2.31. The van der Waals surface area contributed by atoms with E-state index in [9.17, 15) is 4.79 Å². The van der Waals surface area contributed by atoms with Crippen molar-refractivity contribution in [2.75, 3.05) is 39.9 Å². The van der Waals surface area contributed by atoms with Crippen LogP contribution in [0.3, 0.4) is 0 Å². The third-order valence-electron chi connectivity index (χ3n) is 3.63. The van der Waals surface area contributed by atoms with Crippen molar-refractivity contribution in [3.05, 3.63) is 0 Å². The van der Waals surface area contributed by atoms with Crippen LogP contribution in [0.4, 0.5) is 0 Å². The zero-order chi connectivity index (χ0) is 11.4. The van der Waals surface area contributed by atoms with E-state index >= 15 is 0 Å². The molecule has 16 heavy (non-hydrogen) atoms. The quantitative estimate of drug-likeness (QED) is 0.758. The lowest BCUT2D eigenvalue weighted by atomic mass is 9.97. The molecule has 0 aromatic rings. The molecule has 2 saturated heterocycles. The number of amides is 1. The number of hydrogen-bond acceptors (Lipinski definition) is 3. The molecule has 2 rings (SSSR count). The Morgan fingerprint density at radius 2 is 2.00 bits per heavy atom. The van der Waals surface area contributed by atoms with E-state index in [-0.39, 0.29) is 0 Å². The Morgan fingerprint density at radius 1 is 1.31 bits per heavy atom. The van der Waals surface area contributed by atoms with Crippen LogP contribution in [-0.4, -0.2) is 50.7 Å². The maximum atomic E-state index is 11.9. The minimum Gasteiger partial charge on any atom is -0.381 e. The van der Waals surface area contributed by atoms with E-state index in [2.05, 4.69) is 5.32 Å². The van der Waals surface area contributed by atoms with Gasteiger partial charge in [0.2, 0.25) is 5.91 Å². The lowest BCUT2D eigenvalue weighted by Crippen LogP contribution is -2.45. The second-order valence-electron chi connectivity index (χ2n) is 5.06. The van der Waals surface area contributed by atoms with Crippen molar-refractivity contribution in [2.45, 2.75) is 19.3 Å². The molecule has 92 valence electrons. The fraction of sp³-hybridized carbons (Fsp3) is 0.917. The topological polar surface area (TPSA) is 41.6 Å². The molecular weight excluding hydrogens is 204 g/mol. The second kappa shape index (κ2) is 5.64. The molecule has 4 heteroatoms. The molecule has 0 radical (unpaired) electrons. The summed E-state index contributed by atoms with van der Waals surface area (Å²) in [5, 5.41) is 3.20. The molecule has 2 aliphatic rings. The van der Waals surface area contributed by atoms with Gasteiger partial charge in [-0.15, -0.1) is 0 Å². The minimum absolute atomic E-state index is 0.304. The van der Waals surface area contributed by atoms with E-state index < -0.39 is 0 Å². The molecule has 4 nitrogen and oxygen atoms in total. The molecule has 1 N–H and O–H groups in total. The summed E-state index contributed by atoms with van der Waals surface area (Å²) < 4.78 is 5.32. The number of nitrogens with one attached hydrogen (secondary N) is 1. The van der Waals surface area contributed by atoms with Gasteiger partial charge in [-0.25, -0.2) is 0 Å². The van der Waals surface area contributed by atoms with Gasteiger partial charge in [0.1, 0.15) is 0 Å². The van der Waals surface area contributed by atoms with Gasteiger partial charge in [0, 0.05) is 33.2 Å². The molecule has 0 spiro atoms. The lowest BCUT2D eigenvalue weighted by molar-refractivity contribution is -0.132. The molecule has 2 aliphatic heterocycles. The highest BCUT2D eigenvalue weighted by atomic mass is 16.5. The van der Waals surface area contributed by atoms with E-state index in [1.807, 2.05) is 11.9 Å². The van der Waals surface area contributed by atoms with Gasteiger partial charge in [-0.2, -0.15) is 0 Å². The van der Waals surface area contributed by atoms with Gasteiger partial charge in [0.15, 0.2) is 0 Å². The number of nitrogens with zero attached hydrogens (tertiary/aromatic N) is 1. The normalized spacial score (nSPS) is 22.8. The summed E-state index contributed by atoms with van der Waals surface area (Å²) in [5.41, 5.74) is 0. The maximum Gasteiger partial charge on any atom is 0.222 e. The van der Waals surface area contributed by atoms with Gasteiger partial charge < -0.3 is 15.0 Å². The Hall–Kier alpha value is -0.610. The van der Waals surface area contributed by atoms with Crippen molar-refractivity contribution in [3.8, 4) is 0 Å². The van der Waals surface area contributed by atoms with Crippen LogP contribution in [0.25, 0.3) is 0 Å². The van der Waals surface area contributed by atoms with Crippen molar-refractivity contribution in [1.29, 1.82) is 0 Å². The van der Waals surface area contributed by atoms with Gasteiger partial charge in [-0.3, -0.25) is 4.79 Å². The summed E-state index contributed by atoms with van der Waals surface area (Å²) in [6.45, 7) is 4.65. The summed E-state index contributed by atoms with van der Waals surface area (Å²) in [4.78, 5) is 13.8. The van der Waals surface area contributed by atoms with Crippen molar-refractivity contribution in [3.63, 3.8) is 0 Å². The van der Waals surface area contributed by atoms with Crippen LogP contribution in [0.1, 0.15) is 19.3 Å². The maximum absolute atomic E-state index is 11.9. The van der Waals surface area contributed by atoms with Crippen LogP contribution in [0, 0.1) is 11.8 Å². The SMILES string of the molecule is CN(CC1CCOCC1)C(=O)CC1CNC1. The molecular formula is C12H22N2O2. The van der Waals surface area contributed by atoms with Crippen molar-refractivity contribution >= 4 is 5.91 Å². The van der Waals surface area contributed by atoms with Crippen LogP contribution < -0.4 is 5.32 Å². The smallest absolute Gasteiger partial charge is 0.222 e. The molecule has 0 unspecified atom stereocenters. The highest BCUT2D eigenvalue weighted by Crippen LogP contribution is 2.17. The summed E-state index contributed by atoms with van der Waals surface area (Å²) in [5.74, 6) is 1.52. The second-order valence-corrected chi connectivity index (χ2v) is 5.06. The standard InChI is InChI=1S/C12H22N2O2/c1-14(9-10-2-4-16-5-3-10)12(15)6-11-7-13-8-11/h10-11,13H,2-9H2,1H3. The van der Waals surface area contributed by atoms with Crippen molar-refractivity contribution in [1.82, 2.24) is 10.2 Å². The van der Waals surface area contributed by atoms with Gasteiger partial charge in [0.25, 0.3) is 0 Å². The van der Waals surface area contributed by atoms with E-state index in [4.69, 9.17) is 4.74 Å². The summed E-state index contributed by atoms with van der Waals surface area (Å²) >= 11 is 0. The molecule has 0 aromatic heterocycles. The average molecular weight is 226 g/mol. The fourth-order valence-electron chi connectivity index (χ4n) is 2.31. The Morgan fingerprint density at radius 3 is 2.56 bits per heavy atom. The van der Waals surface area contributed by atoms with Gasteiger partial charge >= 0.3 is 0 Å². The first-order chi connectivity index (χ1) is 7.75. The van der Waals surface area contributed by atoms with E-state index in [0.717, 1.165) is 45.7 Å². The number of ether oxygens (including phenoxy) is 1. The Balaban J connectivity index is 1.68. The number of rotatable bonds is 4. The first kappa shape index (κ1) is 11.9. The van der Waals surface area contributed by atoms with Crippen LogP contribution in [0.2, 0.25) is 0 Å². The summed E-state index contributed by atoms with van der Waals surface area (Å²) in [7, 11) is 1.93. The molecule has 2 heterocycles. The van der Waals surface area contributed by atoms with Gasteiger partial charge in [-0.1, -0.05) is 0 Å². The van der Waals surface area contributed by atoms with E-state index in [1.165, 1.54) is 0 Å². The molecule has 1 amide bonds. The van der Waals surface area contributed by atoms with Gasteiger partial charge in [-0.05, 0) is 37.8 Å². The zero-order valence-electron chi connectivity index (χ0n) is 10.1. The van der Waals surface area contributed by atoms with Crippen LogP contribution in [0.5, 0.6) is 0 Å². The fourth-order valence-corrected chi connectivity index (χ4v) is 2.31. The largest absolute Gasteiger partial charge is 0.381 e. The molecule has 0 bridgehead atoms. The Labute approximate surface area is 97.3 Å². The van der Waals surface area contributed by atoms with Crippen LogP contribution >= 0.6 is 0 Å². The Bertz CT molecular complexity index is 235. The van der Waals surface area contributed by atoms with E-state index in [0.29, 0.717) is 24.2 Å². The first-order valence-electron chi connectivity index (χ1n) is 6.28. The van der Waals surface area contributed by atoms with Crippen LogP contribution in [0.15, 0.2) is 0 Å². The number of carbonyl (C=O) groups excluding carboxylic acids is 1. The predicted molar refractivity (Wildman–Crippen MR) is 62.2 cm³/mol. The molecule has 0 saturated carbocycles. The van der Waals surface area contributed by atoms with Crippen molar-refractivity contribution in [2.24, 2.45) is 11.8 Å². The summed E-state index contributed by atoms with van der Waals surface area (Å²) in [6, 6.07) is 0. The zero-order valence-corrected chi connectivity index (χ0v) is 10.1. The third kappa shape index (κ3) is 3.19. The first-order valence-corrected chi connectivity index (χ1v) is 6.28. The number of hydrogen-bond donors (Lipinski definition) is 1. The molecule has 2 fully saturated rings. The summed E-state index contributed by atoms with van der Waals surface area (Å²) in [6.07, 6.45) is 2.91. The third-order valence-corrected chi connectivity index (χ3v) is 3.63. The molecule has 0 aromatic carbocycles.